The molecule has 0 aromatic heterocycles. The molecular formula is C37H42FN3O5S. The summed E-state index contributed by atoms with van der Waals surface area (Å²) in [5.74, 6) is -0.852. The van der Waals surface area contributed by atoms with Gasteiger partial charge in [0.2, 0.25) is 11.8 Å². The summed E-state index contributed by atoms with van der Waals surface area (Å²) in [6.45, 7) is 5.98. The van der Waals surface area contributed by atoms with Gasteiger partial charge in [0, 0.05) is 19.5 Å². The normalized spacial score (nSPS) is 11.8. The topological polar surface area (TPSA) is 96.0 Å². The fourth-order valence-electron chi connectivity index (χ4n) is 5.09. The number of sulfonamides is 1. The number of carbonyl (C=O) groups is 2. The molecule has 0 aliphatic carbocycles. The Kier molecular flexibility index (Phi) is 12.5. The first-order valence-corrected chi connectivity index (χ1v) is 17.2. The molecule has 2 amide bonds. The maximum absolute atomic E-state index is 14.5. The molecule has 1 N–H and O–H groups in total. The van der Waals surface area contributed by atoms with Crippen LogP contribution >= 0.6 is 0 Å². The number of carbonyl (C=O) groups excluding carboxylic acids is 2. The van der Waals surface area contributed by atoms with Crippen molar-refractivity contribution in [3.8, 4) is 5.75 Å². The monoisotopic (exact) mass is 659 g/mol. The molecule has 0 aliphatic rings. The summed E-state index contributed by atoms with van der Waals surface area (Å²) in [5.41, 5.74) is 2.64. The van der Waals surface area contributed by atoms with E-state index >= 15 is 0 Å². The highest BCUT2D eigenvalue weighted by Crippen LogP contribution is 2.27. The van der Waals surface area contributed by atoms with Crippen LogP contribution < -0.4 is 14.4 Å². The fraction of sp³-hybridized carbons (Fsp3) is 0.297. The molecule has 0 spiro atoms. The van der Waals surface area contributed by atoms with Gasteiger partial charge in [0.25, 0.3) is 10.0 Å². The number of aryl methyl sites for hydroxylation is 1. The van der Waals surface area contributed by atoms with Crippen molar-refractivity contribution in [3.63, 3.8) is 0 Å². The van der Waals surface area contributed by atoms with Gasteiger partial charge in [0.15, 0.2) is 0 Å². The highest BCUT2D eigenvalue weighted by molar-refractivity contribution is 7.92. The number of nitrogens with zero attached hydrogens (tertiary/aromatic N) is 2. The number of benzene rings is 4. The van der Waals surface area contributed by atoms with Crippen molar-refractivity contribution in [3.05, 3.63) is 126 Å². The molecule has 4 aromatic carbocycles. The Morgan fingerprint density at radius 3 is 2.13 bits per heavy atom. The van der Waals surface area contributed by atoms with Gasteiger partial charge < -0.3 is 15.0 Å². The lowest BCUT2D eigenvalue weighted by atomic mass is 10.0. The minimum absolute atomic E-state index is 0.0162. The summed E-state index contributed by atoms with van der Waals surface area (Å²) in [5, 5.41) is 2.96. The van der Waals surface area contributed by atoms with Gasteiger partial charge in [0.1, 0.15) is 24.2 Å². The van der Waals surface area contributed by atoms with Crippen LogP contribution in [0.2, 0.25) is 0 Å². The molecule has 0 radical (unpaired) electrons. The molecular weight excluding hydrogens is 617 g/mol. The van der Waals surface area contributed by atoms with Gasteiger partial charge in [-0.15, -0.1) is 0 Å². The van der Waals surface area contributed by atoms with Gasteiger partial charge in [-0.3, -0.25) is 13.9 Å². The fourth-order valence-corrected chi connectivity index (χ4v) is 6.50. The molecule has 4 rings (SSSR count). The van der Waals surface area contributed by atoms with Crippen molar-refractivity contribution in [2.75, 3.05) is 24.0 Å². The number of halogens is 1. The van der Waals surface area contributed by atoms with Crippen LogP contribution in [0.15, 0.2) is 108 Å². The van der Waals surface area contributed by atoms with Gasteiger partial charge in [-0.2, -0.15) is 0 Å². The summed E-state index contributed by atoms with van der Waals surface area (Å²) in [7, 11) is -4.25. The Morgan fingerprint density at radius 1 is 0.851 bits per heavy atom. The van der Waals surface area contributed by atoms with Crippen molar-refractivity contribution in [2.24, 2.45) is 0 Å². The third kappa shape index (κ3) is 9.65. The van der Waals surface area contributed by atoms with Crippen molar-refractivity contribution < 1.29 is 27.1 Å². The van der Waals surface area contributed by atoms with E-state index in [1.807, 2.05) is 51.1 Å². The second-order valence-corrected chi connectivity index (χ2v) is 13.1. The van der Waals surface area contributed by atoms with Gasteiger partial charge in [0.05, 0.1) is 17.2 Å². The van der Waals surface area contributed by atoms with Gasteiger partial charge in [-0.25, -0.2) is 12.8 Å². The van der Waals surface area contributed by atoms with Gasteiger partial charge >= 0.3 is 0 Å². The second-order valence-electron chi connectivity index (χ2n) is 11.2. The molecule has 0 saturated heterocycles. The van der Waals surface area contributed by atoms with Crippen LogP contribution in [0.5, 0.6) is 5.75 Å². The summed E-state index contributed by atoms with van der Waals surface area (Å²) in [6.07, 6.45) is 1.83. The molecule has 10 heteroatoms. The Bertz CT molecular complexity index is 1700. The van der Waals surface area contributed by atoms with Crippen LogP contribution in [0, 0.1) is 12.7 Å². The largest absolute Gasteiger partial charge is 0.494 e. The molecule has 47 heavy (non-hydrogen) atoms. The predicted molar refractivity (Wildman–Crippen MR) is 182 cm³/mol. The molecule has 248 valence electrons. The van der Waals surface area contributed by atoms with Crippen LogP contribution in [0.4, 0.5) is 10.1 Å². The van der Waals surface area contributed by atoms with E-state index in [1.165, 1.54) is 29.2 Å². The van der Waals surface area contributed by atoms with Crippen LogP contribution in [0.3, 0.4) is 0 Å². The quantitative estimate of drug-likeness (QED) is 0.143. The maximum Gasteiger partial charge on any atom is 0.264 e. The summed E-state index contributed by atoms with van der Waals surface area (Å²) in [6, 6.07) is 26.9. The Morgan fingerprint density at radius 2 is 1.51 bits per heavy atom. The lowest BCUT2D eigenvalue weighted by molar-refractivity contribution is -0.140. The van der Waals surface area contributed by atoms with E-state index in [2.05, 4.69) is 5.32 Å². The highest BCUT2D eigenvalue weighted by atomic mass is 32.2. The van der Waals surface area contributed by atoms with Crippen LogP contribution in [-0.4, -0.2) is 50.9 Å². The number of anilines is 1. The number of ether oxygens (including phenoxy) is 1. The first kappa shape index (κ1) is 35.2. The van der Waals surface area contributed by atoms with Crippen molar-refractivity contribution in [2.45, 2.75) is 57.5 Å². The molecule has 0 saturated carbocycles. The minimum Gasteiger partial charge on any atom is -0.494 e. The second kappa shape index (κ2) is 16.7. The third-order valence-electron chi connectivity index (χ3n) is 7.69. The Hall–Kier alpha value is -4.70. The molecule has 1 atom stereocenters. The Labute approximate surface area is 277 Å². The van der Waals surface area contributed by atoms with E-state index in [-0.39, 0.29) is 23.8 Å². The Balaban J connectivity index is 1.77. The van der Waals surface area contributed by atoms with Gasteiger partial charge in [-0.05, 0) is 79.9 Å². The average molecular weight is 660 g/mol. The minimum atomic E-state index is -4.25. The third-order valence-corrected chi connectivity index (χ3v) is 9.48. The first-order chi connectivity index (χ1) is 22.6. The molecule has 1 unspecified atom stereocenters. The molecule has 0 bridgehead atoms. The molecule has 0 heterocycles. The van der Waals surface area contributed by atoms with E-state index in [0.29, 0.717) is 30.2 Å². The van der Waals surface area contributed by atoms with E-state index < -0.39 is 34.3 Å². The zero-order valence-electron chi connectivity index (χ0n) is 27.1. The maximum atomic E-state index is 14.5. The number of rotatable bonds is 16. The lowest BCUT2D eigenvalue weighted by Gasteiger charge is -2.34. The molecule has 8 nitrogen and oxygen atoms in total. The van der Waals surface area contributed by atoms with Crippen LogP contribution in [0.1, 0.15) is 43.4 Å². The van der Waals surface area contributed by atoms with Crippen LogP contribution in [-0.2, 0) is 32.6 Å². The standard InChI is InChI=1S/C37H42FN3O5S/c1-4-6-24-39-37(43)35(25-29-10-8-7-9-11-29)40(26-30-14-16-31(38)17-15-30)36(42)27-41(32-18-12-28(3)13-19-32)47(44,45)34-22-20-33(21-23-34)46-5-2/h7-23,35H,4-6,24-27H2,1-3H3,(H,39,43). The zero-order chi connectivity index (χ0) is 33.8. The highest BCUT2D eigenvalue weighted by Gasteiger charge is 2.34. The summed E-state index contributed by atoms with van der Waals surface area (Å²) < 4.78 is 48.8. The summed E-state index contributed by atoms with van der Waals surface area (Å²) >= 11 is 0. The van der Waals surface area contributed by atoms with E-state index in [9.17, 15) is 22.4 Å². The van der Waals surface area contributed by atoms with E-state index in [1.54, 1.807) is 48.5 Å². The number of unbranched alkanes of at least 4 members (excludes halogenated alkanes) is 1. The van der Waals surface area contributed by atoms with E-state index in [4.69, 9.17) is 4.74 Å². The number of hydrogen-bond acceptors (Lipinski definition) is 5. The number of nitrogens with one attached hydrogen (secondary N) is 1. The van der Waals surface area contributed by atoms with Crippen molar-refractivity contribution >= 4 is 27.5 Å². The zero-order valence-corrected chi connectivity index (χ0v) is 27.9. The first-order valence-electron chi connectivity index (χ1n) is 15.8. The SMILES string of the molecule is CCCCNC(=O)C(Cc1ccccc1)N(Cc1ccc(F)cc1)C(=O)CN(c1ccc(C)cc1)S(=O)(=O)c1ccc(OCC)cc1. The summed E-state index contributed by atoms with van der Waals surface area (Å²) in [4.78, 5) is 29.7. The average Bonchev–Trinajstić information content (AvgIpc) is 3.07. The lowest BCUT2D eigenvalue weighted by Crippen LogP contribution is -2.53. The number of amides is 2. The molecule has 0 fully saturated rings. The smallest absolute Gasteiger partial charge is 0.264 e. The predicted octanol–water partition coefficient (Wildman–Crippen LogP) is 6.28. The number of hydrogen-bond donors (Lipinski definition) is 1. The van der Waals surface area contributed by atoms with Gasteiger partial charge in [-0.1, -0.05) is 73.5 Å². The van der Waals surface area contributed by atoms with Crippen molar-refractivity contribution in [1.29, 1.82) is 0 Å². The molecule has 4 aromatic rings. The van der Waals surface area contributed by atoms with Crippen molar-refractivity contribution in [1.82, 2.24) is 10.2 Å². The molecule has 0 aliphatic heterocycles. The van der Waals surface area contributed by atoms with E-state index in [0.717, 1.165) is 28.3 Å². The van der Waals surface area contributed by atoms with Crippen LogP contribution in [0.25, 0.3) is 0 Å².